The molecule has 2 aliphatic rings. The normalized spacial score (nSPS) is 20.0. The number of nitrogens with zero attached hydrogens (tertiary/aromatic N) is 3. The van der Waals surface area contributed by atoms with Crippen molar-refractivity contribution in [2.24, 2.45) is 10.4 Å². The molecule has 0 aliphatic carbocycles. The number of likely N-dealkylation sites (N-methyl/N-ethyl adjacent to an activating group) is 1. The Morgan fingerprint density at radius 3 is 2.40 bits per heavy atom. The van der Waals surface area contributed by atoms with Crippen molar-refractivity contribution in [2.45, 2.75) is 27.2 Å². The van der Waals surface area contributed by atoms with Gasteiger partial charge in [0, 0.05) is 49.4 Å². The van der Waals surface area contributed by atoms with Gasteiger partial charge in [0.05, 0.1) is 5.69 Å². The molecule has 1 aromatic rings. The molecule has 3 nitrogen and oxygen atoms in total. The van der Waals surface area contributed by atoms with Crippen LogP contribution in [0.2, 0.25) is 0 Å². The van der Waals surface area contributed by atoms with E-state index in [4.69, 9.17) is 4.99 Å². The summed E-state index contributed by atoms with van der Waals surface area (Å²) in [5, 5.41) is 0. The van der Waals surface area contributed by atoms with Gasteiger partial charge in [-0.15, -0.1) is 0 Å². The second-order valence-corrected chi connectivity index (χ2v) is 7.09. The molecular weight excluding hydrogens is 246 g/mol. The minimum absolute atomic E-state index is 0.174. The summed E-state index contributed by atoms with van der Waals surface area (Å²) in [5.74, 6) is 0. The number of piperazine rings is 1. The number of benzene rings is 1. The molecule has 20 heavy (non-hydrogen) atoms. The summed E-state index contributed by atoms with van der Waals surface area (Å²) in [7, 11) is 2.20. The van der Waals surface area contributed by atoms with Crippen LogP contribution in [0.15, 0.2) is 23.2 Å². The van der Waals surface area contributed by atoms with Gasteiger partial charge in [0.2, 0.25) is 0 Å². The average molecular weight is 271 g/mol. The molecule has 0 aromatic heterocycles. The van der Waals surface area contributed by atoms with Crippen molar-refractivity contribution in [1.29, 1.82) is 0 Å². The number of rotatable bonds is 1. The van der Waals surface area contributed by atoms with Gasteiger partial charge < -0.3 is 9.80 Å². The van der Waals surface area contributed by atoms with Gasteiger partial charge in [-0.25, -0.2) is 0 Å². The Bertz CT molecular complexity index is 532. The van der Waals surface area contributed by atoms with E-state index >= 15 is 0 Å². The number of anilines is 1. The maximum absolute atomic E-state index is 4.81. The number of hydrogen-bond acceptors (Lipinski definition) is 3. The lowest BCUT2D eigenvalue weighted by molar-refractivity contribution is 0.313. The van der Waals surface area contributed by atoms with Crippen molar-refractivity contribution in [1.82, 2.24) is 4.90 Å². The Labute approximate surface area is 122 Å². The van der Waals surface area contributed by atoms with E-state index in [1.807, 2.05) is 0 Å². The van der Waals surface area contributed by atoms with Gasteiger partial charge >= 0.3 is 0 Å². The van der Waals surface area contributed by atoms with Crippen LogP contribution in [-0.4, -0.2) is 43.8 Å². The third kappa shape index (κ3) is 2.59. The van der Waals surface area contributed by atoms with Crippen LogP contribution in [0.5, 0.6) is 0 Å². The highest BCUT2D eigenvalue weighted by molar-refractivity contribution is 5.97. The average Bonchev–Trinajstić information content (AvgIpc) is 2.82. The van der Waals surface area contributed by atoms with E-state index in [0.717, 1.165) is 32.6 Å². The largest absolute Gasteiger partial charge is 0.369 e. The van der Waals surface area contributed by atoms with Gasteiger partial charge in [-0.3, -0.25) is 4.99 Å². The summed E-state index contributed by atoms with van der Waals surface area (Å²) in [6.07, 6.45) is 1.01. The lowest BCUT2D eigenvalue weighted by atomic mass is 9.87. The molecule has 3 heteroatoms. The fourth-order valence-corrected chi connectivity index (χ4v) is 2.88. The second kappa shape index (κ2) is 4.88. The Morgan fingerprint density at radius 2 is 1.75 bits per heavy atom. The van der Waals surface area contributed by atoms with Crippen LogP contribution < -0.4 is 4.90 Å². The minimum atomic E-state index is 0.174. The summed E-state index contributed by atoms with van der Waals surface area (Å²) in [6.45, 7) is 11.3. The zero-order valence-electron chi connectivity index (χ0n) is 13.1. The summed E-state index contributed by atoms with van der Waals surface area (Å²) >= 11 is 0. The van der Waals surface area contributed by atoms with Gasteiger partial charge in [-0.1, -0.05) is 20.8 Å². The molecule has 0 saturated carbocycles. The van der Waals surface area contributed by atoms with E-state index in [9.17, 15) is 0 Å². The third-order valence-corrected chi connectivity index (χ3v) is 4.41. The molecule has 0 unspecified atom stereocenters. The van der Waals surface area contributed by atoms with Crippen LogP contribution in [-0.2, 0) is 6.42 Å². The number of fused-ring (bicyclic) bond motifs is 1. The smallest absolute Gasteiger partial charge is 0.0666 e. The first-order chi connectivity index (χ1) is 9.43. The molecule has 0 amide bonds. The first-order valence-electron chi connectivity index (χ1n) is 7.58. The summed E-state index contributed by atoms with van der Waals surface area (Å²) in [4.78, 5) is 9.70. The van der Waals surface area contributed by atoms with Gasteiger partial charge in [-0.05, 0) is 30.8 Å². The van der Waals surface area contributed by atoms with Crippen molar-refractivity contribution in [2.75, 3.05) is 38.1 Å². The van der Waals surface area contributed by atoms with Crippen molar-refractivity contribution in [3.8, 4) is 0 Å². The molecule has 3 rings (SSSR count). The maximum Gasteiger partial charge on any atom is 0.0666 e. The number of hydrogen-bond donors (Lipinski definition) is 0. The molecule has 108 valence electrons. The quantitative estimate of drug-likeness (QED) is 0.781. The Balaban J connectivity index is 1.78. The van der Waals surface area contributed by atoms with Crippen molar-refractivity contribution < 1.29 is 0 Å². The second-order valence-electron chi connectivity index (χ2n) is 7.09. The Hall–Kier alpha value is -1.35. The molecule has 1 fully saturated rings. The predicted octanol–water partition coefficient (Wildman–Crippen LogP) is 3.11. The molecular formula is C17H25N3. The molecule has 0 radical (unpaired) electrons. The SMILES string of the molecule is CN1CCN(c2ccc3c(c2)CC(C(C)(C)C)=N3)CC1. The lowest BCUT2D eigenvalue weighted by Gasteiger charge is -2.34. The van der Waals surface area contributed by atoms with E-state index in [-0.39, 0.29) is 5.41 Å². The minimum Gasteiger partial charge on any atom is -0.369 e. The highest BCUT2D eigenvalue weighted by atomic mass is 15.2. The molecule has 0 spiro atoms. The fraction of sp³-hybridized carbons (Fsp3) is 0.588. The summed E-state index contributed by atoms with van der Waals surface area (Å²) in [6, 6.07) is 6.78. The zero-order chi connectivity index (χ0) is 14.3. The van der Waals surface area contributed by atoms with E-state index in [1.54, 1.807) is 0 Å². The fourth-order valence-electron chi connectivity index (χ4n) is 2.88. The standard InChI is InChI=1S/C17H25N3/c1-17(2,3)16-12-13-11-14(5-6-15(13)18-16)20-9-7-19(4)8-10-20/h5-6,11H,7-10,12H2,1-4H3. The van der Waals surface area contributed by atoms with E-state index in [1.165, 1.54) is 22.6 Å². The third-order valence-electron chi connectivity index (χ3n) is 4.41. The van der Waals surface area contributed by atoms with E-state index in [2.05, 4.69) is 55.8 Å². The van der Waals surface area contributed by atoms with E-state index in [0.29, 0.717) is 0 Å². The first-order valence-corrected chi connectivity index (χ1v) is 7.58. The molecule has 1 saturated heterocycles. The number of aliphatic imine (C=N–C) groups is 1. The Kier molecular flexibility index (Phi) is 3.33. The molecule has 0 atom stereocenters. The van der Waals surface area contributed by atoms with Crippen molar-refractivity contribution in [3.63, 3.8) is 0 Å². The molecule has 0 N–H and O–H groups in total. The monoisotopic (exact) mass is 271 g/mol. The van der Waals surface area contributed by atoms with Crippen molar-refractivity contribution >= 4 is 17.1 Å². The summed E-state index contributed by atoms with van der Waals surface area (Å²) in [5.41, 5.74) is 5.41. The molecule has 0 bridgehead atoms. The van der Waals surface area contributed by atoms with Gasteiger partial charge in [-0.2, -0.15) is 0 Å². The first kappa shape index (κ1) is 13.6. The van der Waals surface area contributed by atoms with Crippen LogP contribution in [0, 0.1) is 5.41 Å². The van der Waals surface area contributed by atoms with Crippen LogP contribution in [0.4, 0.5) is 11.4 Å². The zero-order valence-corrected chi connectivity index (χ0v) is 13.1. The maximum atomic E-state index is 4.81. The van der Waals surface area contributed by atoms with Gasteiger partial charge in [0.25, 0.3) is 0 Å². The van der Waals surface area contributed by atoms with Crippen LogP contribution >= 0.6 is 0 Å². The lowest BCUT2D eigenvalue weighted by Crippen LogP contribution is -2.44. The van der Waals surface area contributed by atoms with Crippen LogP contribution in [0.1, 0.15) is 26.3 Å². The predicted molar refractivity (Wildman–Crippen MR) is 86.4 cm³/mol. The molecule has 2 heterocycles. The van der Waals surface area contributed by atoms with Crippen LogP contribution in [0.3, 0.4) is 0 Å². The van der Waals surface area contributed by atoms with Gasteiger partial charge in [0.1, 0.15) is 0 Å². The van der Waals surface area contributed by atoms with E-state index < -0.39 is 0 Å². The highest BCUT2D eigenvalue weighted by Crippen LogP contribution is 2.35. The summed E-state index contributed by atoms with van der Waals surface area (Å²) < 4.78 is 0. The Morgan fingerprint density at radius 1 is 1.05 bits per heavy atom. The highest BCUT2D eigenvalue weighted by Gasteiger charge is 2.25. The molecule has 2 aliphatic heterocycles. The topological polar surface area (TPSA) is 18.8 Å². The van der Waals surface area contributed by atoms with Crippen LogP contribution in [0.25, 0.3) is 0 Å². The van der Waals surface area contributed by atoms with Gasteiger partial charge in [0.15, 0.2) is 0 Å². The molecule has 1 aromatic carbocycles. The van der Waals surface area contributed by atoms with Crippen molar-refractivity contribution in [3.05, 3.63) is 23.8 Å².